The number of nitrogens with zero attached hydrogens (tertiary/aromatic N) is 1. The summed E-state index contributed by atoms with van der Waals surface area (Å²) in [6.07, 6.45) is 0. The van der Waals surface area contributed by atoms with E-state index in [1.54, 1.807) is 29.6 Å². The average molecular weight is 368 g/mol. The summed E-state index contributed by atoms with van der Waals surface area (Å²) < 4.78 is 30.3. The zero-order chi connectivity index (χ0) is 17.7. The van der Waals surface area contributed by atoms with Gasteiger partial charge >= 0.3 is 5.97 Å². The molecule has 2 rings (SSSR count). The van der Waals surface area contributed by atoms with Crippen molar-refractivity contribution in [1.82, 2.24) is 4.31 Å². The SMILES string of the molecule is COC(=O)c1sccc1NC(=O)CN(C)S(=O)(=O)c1ccccc1. The summed E-state index contributed by atoms with van der Waals surface area (Å²) >= 11 is 1.12. The number of nitrogens with one attached hydrogen (secondary N) is 1. The number of carbonyl (C=O) groups is 2. The van der Waals surface area contributed by atoms with Crippen molar-refractivity contribution < 1.29 is 22.7 Å². The minimum absolute atomic E-state index is 0.103. The molecule has 0 unspecified atom stereocenters. The van der Waals surface area contributed by atoms with Crippen molar-refractivity contribution >= 4 is 38.9 Å². The number of thiophene rings is 1. The Hall–Kier alpha value is -2.23. The quantitative estimate of drug-likeness (QED) is 0.785. The molecule has 9 heteroatoms. The van der Waals surface area contributed by atoms with Gasteiger partial charge in [-0.05, 0) is 23.6 Å². The molecular weight excluding hydrogens is 352 g/mol. The summed E-state index contributed by atoms with van der Waals surface area (Å²) in [5.41, 5.74) is 0.294. The molecule has 0 bridgehead atoms. The molecule has 2 aromatic rings. The Balaban J connectivity index is 2.08. The van der Waals surface area contributed by atoms with E-state index in [-0.39, 0.29) is 16.3 Å². The Morgan fingerprint density at radius 3 is 2.50 bits per heavy atom. The molecule has 0 saturated heterocycles. The molecule has 0 aliphatic rings. The molecule has 1 heterocycles. The maximum Gasteiger partial charge on any atom is 0.350 e. The third-order valence-corrected chi connectivity index (χ3v) is 5.84. The van der Waals surface area contributed by atoms with Crippen molar-refractivity contribution in [2.45, 2.75) is 4.90 Å². The lowest BCUT2D eigenvalue weighted by molar-refractivity contribution is -0.116. The molecule has 128 valence electrons. The van der Waals surface area contributed by atoms with Crippen LogP contribution in [0.3, 0.4) is 0 Å². The van der Waals surface area contributed by atoms with Gasteiger partial charge in [0, 0.05) is 7.05 Å². The van der Waals surface area contributed by atoms with E-state index in [1.807, 2.05) is 0 Å². The van der Waals surface area contributed by atoms with Gasteiger partial charge in [0.25, 0.3) is 0 Å². The summed E-state index contributed by atoms with van der Waals surface area (Å²) in [7, 11) is -1.20. The third kappa shape index (κ3) is 3.99. The van der Waals surface area contributed by atoms with Gasteiger partial charge in [0.05, 0.1) is 24.2 Å². The summed E-state index contributed by atoms with van der Waals surface area (Å²) in [6.45, 7) is -0.381. The summed E-state index contributed by atoms with van der Waals surface area (Å²) in [5.74, 6) is -1.12. The van der Waals surface area contributed by atoms with Crippen molar-refractivity contribution in [2.75, 3.05) is 26.0 Å². The molecule has 1 aromatic carbocycles. The highest BCUT2D eigenvalue weighted by molar-refractivity contribution is 7.89. The molecule has 1 aromatic heterocycles. The van der Waals surface area contributed by atoms with Crippen molar-refractivity contribution in [3.05, 3.63) is 46.7 Å². The van der Waals surface area contributed by atoms with E-state index in [2.05, 4.69) is 10.1 Å². The van der Waals surface area contributed by atoms with Gasteiger partial charge in [0.1, 0.15) is 4.88 Å². The van der Waals surface area contributed by atoms with Crippen LogP contribution in [0.15, 0.2) is 46.7 Å². The van der Waals surface area contributed by atoms with E-state index in [9.17, 15) is 18.0 Å². The first-order valence-electron chi connectivity index (χ1n) is 6.83. The van der Waals surface area contributed by atoms with Crippen LogP contribution in [0.4, 0.5) is 5.69 Å². The molecule has 0 radical (unpaired) electrons. The molecule has 1 N–H and O–H groups in total. The predicted octanol–water partition coefficient (Wildman–Crippen LogP) is 1.79. The Morgan fingerprint density at radius 1 is 1.21 bits per heavy atom. The summed E-state index contributed by atoms with van der Waals surface area (Å²) in [6, 6.07) is 9.39. The largest absolute Gasteiger partial charge is 0.465 e. The highest BCUT2D eigenvalue weighted by atomic mass is 32.2. The topological polar surface area (TPSA) is 92.8 Å². The number of methoxy groups -OCH3 is 1. The van der Waals surface area contributed by atoms with Gasteiger partial charge < -0.3 is 10.1 Å². The molecule has 0 spiro atoms. The van der Waals surface area contributed by atoms with Gasteiger partial charge in [-0.3, -0.25) is 4.79 Å². The van der Waals surface area contributed by atoms with Crippen molar-refractivity contribution in [3.8, 4) is 0 Å². The van der Waals surface area contributed by atoms with E-state index >= 15 is 0 Å². The van der Waals surface area contributed by atoms with Gasteiger partial charge in [0.15, 0.2) is 0 Å². The van der Waals surface area contributed by atoms with Gasteiger partial charge in [-0.25, -0.2) is 13.2 Å². The molecule has 0 saturated carbocycles. The van der Waals surface area contributed by atoms with Gasteiger partial charge in [-0.2, -0.15) is 4.31 Å². The van der Waals surface area contributed by atoms with Crippen LogP contribution in [-0.4, -0.2) is 45.3 Å². The number of ether oxygens (including phenoxy) is 1. The summed E-state index contributed by atoms with van der Waals surface area (Å²) in [5, 5.41) is 4.16. The number of esters is 1. The zero-order valence-electron chi connectivity index (χ0n) is 13.1. The maximum atomic E-state index is 12.4. The first kappa shape index (κ1) is 18.1. The van der Waals surface area contributed by atoms with E-state index < -0.39 is 21.9 Å². The molecule has 7 nitrogen and oxygen atoms in total. The van der Waals surface area contributed by atoms with E-state index in [4.69, 9.17) is 0 Å². The average Bonchev–Trinajstić information content (AvgIpc) is 3.02. The highest BCUT2D eigenvalue weighted by Crippen LogP contribution is 2.23. The smallest absolute Gasteiger partial charge is 0.350 e. The third-order valence-electron chi connectivity index (χ3n) is 3.13. The number of rotatable bonds is 6. The molecule has 24 heavy (non-hydrogen) atoms. The van der Waals surface area contributed by atoms with Crippen LogP contribution in [0.25, 0.3) is 0 Å². The molecule has 0 aliphatic heterocycles. The number of hydrogen-bond donors (Lipinski definition) is 1. The molecule has 0 atom stereocenters. The zero-order valence-corrected chi connectivity index (χ0v) is 14.7. The number of amides is 1. The number of anilines is 1. The Kier molecular flexibility index (Phi) is 5.71. The molecule has 0 aliphatic carbocycles. The van der Waals surface area contributed by atoms with E-state index in [1.165, 1.54) is 26.3 Å². The van der Waals surface area contributed by atoms with Crippen molar-refractivity contribution in [3.63, 3.8) is 0 Å². The van der Waals surface area contributed by atoms with E-state index in [0.717, 1.165) is 15.6 Å². The van der Waals surface area contributed by atoms with Crippen LogP contribution >= 0.6 is 11.3 Å². The van der Waals surface area contributed by atoms with Crippen molar-refractivity contribution in [1.29, 1.82) is 0 Å². The fraction of sp³-hybridized carbons (Fsp3) is 0.200. The van der Waals surface area contributed by atoms with Gasteiger partial charge in [-0.15, -0.1) is 11.3 Å². The number of sulfonamides is 1. The lowest BCUT2D eigenvalue weighted by Gasteiger charge is -2.16. The van der Waals surface area contributed by atoms with Gasteiger partial charge in [0.2, 0.25) is 15.9 Å². The molecule has 0 fully saturated rings. The van der Waals surface area contributed by atoms with Crippen LogP contribution in [0.5, 0.6) is 0 Å². The fourth-order valence-corrected chi connectivity index (χ4v) is 3.82. The monoisotopic (exact) mass is 368 g/mol. The second kappa shape index (κ2) is 7.56. The molecule has 1 amide bonds. The number of hydrogen-bond acceptors (Lipinski definition) is 6. The second-order valence-corrected chi connectivity index (χ2v) is 7.74. The van der Waals surface area contributed by atoms with E-state index in [0.29, 0.717) is 5.69 Å². The van der Waals surface area contributed by atoms with Crippen LogP contribution in [0.1, 0.15) is 9.67 Å². The Bertz CT molecular complexity index is 831. The predicted molar refractivity (Wildman–Crippen MR) is 90.5 cm³/mol. The minimum atomic E-state index is -3.76. The standard InChI is InChI=1S/C15H16N2O5S2/c1-17(24(20,21)11-6-4-3-5-7-11)10-13(18)16-12-8-9-23-14(12)15(19)22-2/h3-9H,10H2,1-2H3,(H,16,18). The summed E-state index contributed by atoms with van der Waals surface area (Å²) in [4.78, 5) is 24.0. The van der Waals surface area contributed by atoms with Crippen LogP contribution in [-0.2, 0) is 19.6 Å². The Labute approximate surface area is 143 Å². The molecular formula is C15H16N2O5S2. The minimum Gasteiger partial charge on any atom is -0.465 e. The number of likely N-dealkylation sites (N-methyl/N-ethyl adjacent to an activating group) is 1. The second-order valence-electron chi connectivity index (χ2n) is 4.78. The lowest BCUT2D eigenvalue weighted by Crippen LogP contribution is -2.35. The van der Waals surface area contributed by atoms with Crippen LogP contribution in [0, 0.1) is 0 Å². The van der Waals surface area contributed by atoms with Crippen molar-refractivity contribution in [2.24, 2.45) is 0 Å². The fourth-order valence-electron chi connectivity index (χ4n) is 1.91. The number of benzene rings is 1. The normalized spacial score (nSPS) is 11.3. The number of carbonyl (C=O) groups excluding carboxylic acids is 2. The Morgan fingerprint density at radius 2 is 1.88 bits per heavy atom. The maximum absolute atomic E-state index is 12.4. The first-order valence-corrected chi connectivity index (χ1v) is 9.15. The lowest BCUT2D eigenvalue weighted by atomic mass is 10.4. The van der Waals surface area contributed by atoms with Crippen LogP contribution in [0.2, 0.25) is 0 Å². The first-order chi connectivity index (χ1) is 11.4. The highest BCUT2D eigenvalue weighted by Gasteiger charge is 2.23. The van der Waals surface area contributed by atoms with Crippen LogP contribution < -0.4 is 5.32 Å². The van der Waals surface area contributed by atoms with Gasteiger partial charge in [-0.1, -0.05) is 18.2 Å².